The highest BCUT2D eigenvalue weighted by Crippen LogP contribution is 2.74. The summed E-state index contributed by atoms with van der Waals surface area (Å²) in [5.41, 5.74) is 2.05. The van der Waals surface area contributed by atoms with Crippen LogP contribution in [0.1, 0.15) is 51.4 Å². The third kappa shape index (κ3) is 2.15. The van der Waals surface area contributed by atoms with Crippen LogP contribution in [0.4, 0.5) is 0 Å². The van der Waals surface area contributed by atoms with E-state index in [1.165, 1.54) is 44.9 Å². The van der Waals surface area contributed by atoms with E-state index in [1.54, 1.807) is 0 Å². The Kier molecular flexibility index (Phi) is 3.41. The molecule has 0 aromatic heterocycles. The number of aliphatic hydroxyl groups excluding tert-OH is 1. The van der Waals surface area contributed by atoms with E-state index < -0.39 is 0 Å². The van der Waals surface area contributed by atoms with Gasteiger partial charge in [0.05, 0.1) is 6.61 Å². The van der Waals surface area contributed by atoms with Gasteiger partial charge < -0.3 is 15.2 Å². The van der Waals surface area contributed by atoms with Crippen molar-refractivity contribution in [2.75, 3.05) is 19.7 Å². The van der Waals surface area contributed by atoms with Gasteiger partial charge in [-0.05, 0) is 68.1 Å². The minimum atomic E-state index is -0.0657. The highest BCUT2D eigenvalue weighted by atomic mass is 16.6. The predicted molar refractivity (Wildman–Crippen MR) is 90.2 cm³/mol. The van der Waals surface area contributed by atoms with Crippen molar-refractivity contribution in [3.63, 3.8) is 0 Å². The van der Waals surface area contributed by atoms with Crippen LogP contribution in [0.15, 0.2) is 11.6 Å². The van der Waals surface area contributed by atoms with Crippen molar-refractivity contribution in [3.8, 4) is 0 Å². The molecule has 5 aliphatic rings. The van der Waals surface area contributed by atoms with E-state index in [-0.39, 0.29) is 18.7 Å². The summed E-state index contributed by atoms with van der Waals surface area (Å²) in [6.07, 6.45) is 12.9. The van der Waals surface area contributed by atoms with Crippen LogP contribution >= 0.6 is 0 Å². The number of carbonyl (C=O) groups is 1. The van der Waals surface area contributed by atoms with Gasteiger partial charge in [-0.1, -0.05) is 6.08 Å². The smallest absolute Gasteiger partial charge is 0.334 e. The fraction of sp³-hybridized carbons (Fsp3) is 0.850. The summed E-state index contributed by atoms with van der Waals surface area (Å²) >= 11 is 0. The number of ether oxygens (including phenoxy) is 1. The molecule has 0 radical (unpaired) electrons. The monoisotopic (exact) mass is 331 g/mol. The summed E-state index contributed by atoms with van der Waals surface area (Å²) in [7, 11) is 0. The van der Waals surface area contributed by atoms with Crippen LogP contribution in [0.3, 0.4) is 0 Å². The molecule has 2 spiro atoms. The summed E-state index contributed by atoms with van der Waals surface area (Å²) < 4.78 is 6.04. The molecule has 0 unspecified atom stereocenters. The van der Waals surface area contributed by atoms with Crippen molar-refractivity contribution in [2.24, 2.45) is 28.6 Å². The normalized spacial score (nSPS) is 42.0. The molecule has 132 valence electrons. The number of hydrogen-bond donors (Lipinski definition) is 2. The van der Waals surface area contributed by atoms with E-state index in [4.69, 9.17) is 9.84 Å². The predicted octanol–water partition coefficient (Wildman–Crippen LogP) is 2.42. The number of aliphatic hydroxyl groups is 1. The molecular weight excluding hydrogens is 302 g/mol. The van der Waals surface area contributed by atoms with Crippen molar-refractivity contribution >= 4 is 5.97 Å². The molecule has 1 saturated heterocycles. The Bertz CT molecular complexity index is 575. The first-order valence-corrected chi connectivity index (χ1v) is 9.92. The second kappa shape index (κ2) is 5.31. The molecule has 0 aromatic rings. The average molecular weight is 331 g/mol. The van der Waals surface area contributed by atoms with E-state index in [2.05, 4.69) is 5.32 Å². The minimum Gasteiger partial charge on any atom is -0.458 e. The molecule has 4 heteroatoms. The van der Waals surface area contributed by atoms with E-state index >= 15 is 0 Å². The molecule has 0 amide bonds. The number of hydrogen-bond acceptors (Lipinski definition) is 4. The molecule has 4 saturated carbocycles. The summed E-state index contributed by atoms with van der Waals surface area (Å²) in [6.45, 7) is 1.36. The maximum atomic E-state index is 12.5. The zero-order chi connectivity index (χ0) is 16.4. The standard InChI is InChI=1S/C20H29NO3/c22-12-11-21-10-3-14-13-1-4-19(6-7-19)15-2-5-20(8-9-20)16(15)17(13)24-18(14)23/h3,13,15-17,21-22H,1-2,4-12H2/b14-3-/t13-,15+,16-,17-/m0/s1. The van der Waals surface area contributed by atoms with Crippen LogP contribution < -0.4 is 5.32 Å². The van der Waals surface area contributed by atoms with E-state index in [9.17, 15) is 4.79 Å². The molecule has 0 bridgehead atoms. The Morgan fingerprint density at radius 2 is 1.88 bits per heavy atom. The van der Waals surface area contributed by atoms with E-state index in [0.29, 0.717) is 35.8 Å². The molecule has 24 heavy (non-hydrogen) atoms. The Balaban J connectivity index is 1.43. The Morgan fingerprint density at radius 1 is 1.12 bits per heavy atom. The SMILES string of the molecule is O=C1O[C@@H]2[C@@H]3[C@@H](CCC34CC4)C3(CC[C@H]2/C1=C/CNCCO)CC3. The van der Waals surface area contributed by atoms with Gasteiger partial charge in [-0.15, -0.1) is 0 Å². The van der Waals surface area contributed by atoms with Crippen LogP contribution in [0, 0.1) is 28.6 Å². The fourth-order valence-corrected chi connectivity index (χ4v) is 6.48. The van der Waals surface area contributed by atoms with E-state index in [1.807, 2.05) is 6.08 Å². The van der Waals surface area contributed by atoms with E-state index in [0.717, 1.165) is 17.9 Å². The third-order valence-corrected chi connectivity index (χ3v) is 8.00. The van der Waals surface area contributed by atoms with Crippen molar-refractivity contribution in [3.05, 3.63) is 11.6 Å². The molecule has 0 aromatic carbocycles. The molecule has 1 aliphatic heterocycles. The van der Waals surface area contributed by atoms with Gasteiger partial charge >= 0.3 is 5.97 Å². The molecule has 4 atom stereocenters. The average Bonchev–Trinajstić information content (AvgIpc) is 3.45. The Morgan fingerprint density at radius 3 is 2.58 bits per heavy atom. The molecular formula is C20H29NO3. The first kappa shape index (κ1) is 15.4. The number of esters is 1. The Labute approximate surface area is 144 Å². The van der Waals surface area contributed by atoms with Gasteiger partial charge in [-0.2, -0.15) is 0 Å². The largest absolute Gasteiger partial charge is 0.458 e. The van der Waals surface area contributed by atoms with Gasteiger partial charge in [0.1, 0.15) is 6.10 Å². The lowest BCUT2D eigenvalue weighted by Gasteiger charge is -2.32. The molecule has 4 aliphatic carbocycles. The lowest BCUT2D eigenvalue weighted by atomic mass is 9.74. The first-order valence-electron chi connectivity index (χ1n) is 9.92. The van der Waals surface area contributed by atoms with Crippen molar-refractivity contribution < 1.29 is 14.6 Å². The molecule has 5 fully saturated rings. The molecule has 1 heterocycles. The maximum absolute atomic E-state index is 12.5. The lowest BCUT2D eigenvalue weighted by Crippen LogP contribution is -2.35. The summed E-state index contributed by atoms with van der Waals surface area (Å²) in [6, 6.07) is 0. The lowest BCUT2D eigenvalue weighted by molar-refractivity contribution is -0.143. The van der Waals surface area contributed by atoms with Crippen LogP contribution in [-0.2, 0) is 9.53 Å². The first-order chi connectivity index (χ1) is 11.7. The maximum Gasteiger partial charge on any atom is 0.334 e. The highest BCUT2D eigenvalue weighted by molar-refractivity contribution is 5.91. The number of carbonyl (C=O) groups excluding carboxylic acids is 1. The van der Waals surface area contributed by atoms with Crippen molar-refractivity contribution in [1.82, 2.24) is 5.32 Å². The zero-order valence-corrected chi connectivity index (χ0v) is 14.4. The second-order valence-corrected chi connectivity index (χ2v) is 9.00. The van der Waals surface area contributed by atoms with Crippen LogP contribution in [0.2, 0.25) is 0 Å². The molecule has 5 rings (SSSR count). The summed E-state index contributed by atoms with van der Waals surface area (Å²) in [5, 5.41) is 12.1. The third-order valence-electron chi connectivity index (χ3n) is 8.00. The number of nitrogens with one attached hydrogen (secondary N) is 1. The van der Waals surface area contributed by atoms with Crippen LogP contribution in [-0.4, -0.2) is 36.9 Å². The topological polar surface area (TPSA) is 58.6 Å². The minimum absolute atomic E-state index is 0.0657. The van der Waals surface area contributed by atoms with Gasteiger partial charge in [-0.3, -0.25) is 0 Å². The van der Waals surface area contributed by atoms with Crippen molar-refractivity contribution in [1.29, 1.82) is 0 Å². The molecule has 2 N–H and O–H groups in total. The summed E-state index contributed by atoms with van der Waals surface area (Å²) in [4.78, 5) is 12.5. The molecule has 4 nitrogen and oxygen atoms in total. The van der Waals surface area contributed by atoms with Crippen LogP contribution in [0.25, 0.3) is 0 Å². The number of fused-ring (bicyclic) bond motifs is 5. The van der Waals surface area contributed by atoms with Crippen molar-refractivity contribution in [2.45, 2.75) is 57.5 Å². The highest BCUT2D eigenvalue weighted by Gasteiger charge is 2.69. The zero-order valence-electron chi connectivity index (χ0n) is 14.4. The van der Waals surface area contributed by atoms with Gasteiger partial charge in [0.2, 0.25) is 0 Å². The van der Waals surface area contributed by atoms with Gasteiger partial charge in [-0.25, -0.2) is 4.79 Å². The van der Waals surface area contributed by atoms with Gasteiger partial charge in [0.25, 0.3) is 0 Å². The fourth-order valence-electron chi connectivity index (χ4n) is 6.48. The number of rotatable bonds is 4. The quantitative estimate of drug-likeness (QED) is 0.472. The second-order valence-electron chi connectivity index (χ2n) is 9.00. The van der Waals surface area contributed by atoms with Gasteiger partial charge in [0.15, 0.2) is 0 Å². The Hall–Kier alpha value is -0.870. The summed E-state index contributed by atoms with van der Waals surface area (Å²) in [5.74, 6) is 1.70. The van der Waals surface area contributed by atoms with Crippen LogP contribution in [0.5, 0.6) is 0 Å². The van der Waals surface area contributed by atoms with Gasteiger partial charge in [0, 0.05) is 30.5 Å².